The Balaban J connectivity index is 1.76. The van der Waals surface area contributed by atoms with Gasteiger partial charge in [-0.05, 0) is 0 Å². The Morgan fingerprint density at radius 1 is 1.17 bits per heavy atom. The maximum absolute atomic E-state index is 8.45. The minimum atomic E-state index is -0.113. The molecule has 0 amide bonds. The van der Waals surface area contributed by atoms with E-state index in [1.54, 1.807) is 0 Å². The Morgan fingerprint density at radius 2 is 1.78 bits per heavy atom. The summed E-state index contributed by atoms with van der Waals surface area (Å²) < 4.78 is 22.4. The average Bonchev–Trinajstić information content (AvgIpc) is 2.94. The second kappa shape index (κ2) is 6.67. The second-order valence-corrected chi connectivity index (χ2v) is 4.20. The smallest absolute Gasteiger partial charge is 0.237 e. The first-order valence-electron chi connectivity index (χ1n) is 6.03. The Bertz CT molecular complexity index is 315. The molecule has 6 heteroatoms. The van der Waals surface area contributed by atoms with Gasteiger partial charge in [0.25, 0.3) is 0 Å². The van der Waals surface area contributed by atoms with Crippen LogP contribution in [-0.2, 0) is 18.9 Å². The highest BCUT2D eigenvalue weighted by molar-refractivity contribution is 4.96. The van der Waals surface area contributed by atoms with Crippen LogP contribution in [-0.4, -0.2) is 57.4 Å². The minimum Gasteiger partial charge on any atom is -0.372 e. The molecule has 6 nitrogen and oxygen atoms in total. The summed E-state index contributed by atoms with van der Waals surface area (Å²) in [5.41, 5.74) is 0. The average molecular weight is 252 g/mol. The van der Waals surface area contributed by atoms with Crippen LogP contribution < -0.4 is 0 Å². The number of nitriles is 1. The molecule has 2 fully saturated rings. The molecule has 98 valence electrons. The molecule has 0 aromatic heterocycles. The highest BCUT2D eigenvalue weighted by Gasteiger charge is 2.48. The van der Waals surface area contributed by atoms with Crippen molar-refractivity contribution in [1.82, 2.24) is 0 Å². The van der Waals surface area contributed by atoms with E-state index in [2.05, 4.69) is 4.85 Å². The molecule has 2 aliphatic rings. The molecule has 0 radical (unpaired) electrons. The zero-order chi connectivity index (χ0) is 12.8. The van der Waals surface area contributed by atoms with Gasteiger partial charge in [-0.25, -0.2) is 6.57 Å². The fourth-order valence-electron chi connectivity index (χ4n) is 2.22. The molecule has 0 unspecified atom stereocenters. The van der Waals surface area contributed by atoms with Crippen molar-refractivity contribution in [2.24, 2.45) is 0 Å². The standard InChI is InChI=1S/C12H16N2O4/c1-14-4-6-16-10-8-18-11-9(7-17-12(10)11)15-5-2-3-13/h9-12H,2,4-8H2/t9-,10-,11-,12-/m1/s1. The second-order valence-electron chi connectivity index (χ2n) is 4.20. The van der Waals surface area contributed by atoms with E-state index in [-0.39, 0.29) is 24.4 Å². The van der Waals surface area contributed by atoms with Crippen LogP contribution in [0.4, 0.5) is 0 Å². The number of ether oxygens (including phenoxy) is 4. The van der Waals surface area contributed by atoms with Gasteiger partial charge in [0.05, 0.1) is 32.3 Å². The molecule has 0 bridgehead atoms. The van der Waals surface area contributed by atoms with Gasteiger partial charge in [0.15, 0.2) is 0 Å². The van der Waals surface area contributed by atoms with E-state index in [0.29, 0.717) is 39.4 Å². The molecule has 0 aliphatic carbocycles. The van der Waals surface area contributed by atoms with Crippen molar-refractivity contribution in [2.45, 2.75) is 30.8 Å². The summed E-state index contributed by atoms with van der Waals surface area (Å²) in [6.45, 7) is 8.81. The predicted molar refractivity (Wildman–Crippen MR) is 60.7 cm³/mol. The predicted octanol–water partition coefficient (Wildman–Crippen LogP) is 0.387. The van der Waals surface area contributed by atoms with Crippen molar-refractivity contribution in [3.63, 3.8) is 0 Å². The Kier molecular flexibility index (Phi) is 4.91. The molecule has 2 saturated heterocycles. The monoisotopic (exact) mass is 252 g/mol. The summed E-state index contributed by atoms with van der Waals surface area (Å²) in [4.78, 5) is 3.24. The van der Waals surface area contributed by atoms with Crippen LogP contribution in [0.3, 0.4) is 0 Å². The number of rotatable bonds is 6. The van der Waals surface area contributed by atoms with Gasteiger partial charge in [-0.1, -0.05) is 0 Å². The highest BCUT2D eigenvalue weighted by atomic mass is 16.6. The molecule has 0 spiro atoms. The molecule has 2 rings (SSSR count). The van der Waals surface area contributed by atoms with Crippen molar-refractivity contribution in [2.75, 3.05) is 33.0 Å². The van der Waals surface area contributed by atoms with Crippen molar-refractivity contribution >= 4 is 0 Å². The van der Waals surface area contributed by atoms with Crippen LogP contribution in [0.5, 0.6) is 0 Å². The third-order valence-corrected chi connectivity index (χ3v) is 3.04. The molecule has 18 heavy (non-hydrogen) atoms. The van der Waals surface area contributed by atoms with Gasteiger partial charge in [-0.3, -0.25) is 0 Å². The zero-order valence-corrected chi connectivity index (χ0v) is 10.1. The van der Waals surface area contributed by atoms with Gasteiger partial charge in [0.1, 0.15) is 31.0 Å². The first-order chi connectivity index (χ1) is 8.86. The number of nitrogens with zero attached hydrogens (tertiary/aromatic N) is 2. The molecule has 2 heterocycles. The van der Waals surface area contributed by atoms with Crippen LogP contribution in [0.25, 0.3) is 4.85 Å². The van der Waals surface area contributed by atoms with Crippen molar-refractivity contribution in [3.8, 4) is 6.07 Å². The highest BCUT2D eigenvalue weighted by Crippen LogP contribution is 2.30. The van der Waals surface area contributed by atoms with Gasteiger partial charge in [0.2, 0.25) is 6.54 Å². The Morgan fingerprint density at radius 3 is 2.33 bits per heavy atom. The maximum atomic E-state index is 8.45. The van der Waals surface area contributed by atoms with Crippen molar-refractivity contribution in [1.29, 1.82) is 5.26 Å². The van der Waals surface area contributed by atoms with Gasteiger partial charge < -0.3 is 23.8 Å². The third-order valence-electron chi connectivity index (χ3n) is 3.04. The summed E-state index contributed by atoms with van der Waals surface area (Å²) in [5, 5.41) is 8.45. The van der Waals surface area contributed by atoms with Gasteiger partial charge in [0, 0.05) is 0 Å². The summed E-state index contributed by atoms with van der Waals surface area (Å²) >= 11 is 0. The minimum absolute atomic E-state index is 0.109. The zero-order valence-electron chi connectivity index (χ0n) is 10.1. The van der Waals surface area contributed by atoms with E-state index in [4.69, 9.17) is 30.8 Å². The van der Waals surface area contributed by atoms with Gasteiger partial charge >= 0.3 is 0 Å². The van der Waals surface area contributed by atoms with E-state index in [9.17, 15) is 0 Å². The molecule has 4 atom stereocenters. The summed E-state index contributed by atoms with van der Waals surface area (Å²) in [7, 11) is 0. The SMILES string of the molecule is [C-]#[N+]CCO[C@@H]1CO[C@H]2[C@@H]1OC[C@H]2OCCC#N. The number of hydrogen-bond acceptors (Lipinski definition) is 5. The third kappa shape index (κ3) is 2.98. The van der Waals surface area contributed by atoms with Crippen LogP contribution in [0, 0.1) is 17.9 Å². The molecular weight excluding hydrogens is 236 g/mol. The molecule has 0 saturated carbocycles. The molecule has 0 aromatic carbocycles. The summed E-state index contributed by atoms with van der Waals surface area (Å²) in [6.07, 6.45) is -0.0673. The Hall–Kier alpha value is -1.18. The lowest BCUT2D eigenvalue weighted by atomic mass is 10.1. The van der Waals surface area contributed by atoms with E-state index in [1.807, 2.05) is 6.07 Å². The van der Waals surface area contributed by atoms with E-state index < -0.39 is 0 Å². The number of hydrogen-bond donors (Lipinski definition) is 0. The quantitative estimate of drug-likeness (QED) is 0.505. The van der Waals surface area contributed by atoms with Gasteiger partial charge in [-0.15, -0.1) is 0 Å². The lowest BCUT2D eigenvalue weighted by Crippen LogP contribution is -2.34. The fraction of sp³-hybridized carbons (Fsp3) is 0.833. The van der Waals surface area contributed by atoms with Crippen LogP contribution in [0.2, 0.25) is 0 Å². The molecule has 2 aliphatic heterocycles. The van der Waals surface area contributed by atoms with Crippen LogP contribution in [0.1, 0.15) is 6.42 Å². The lowest BCUT2D eigenvalue weighted by Gasteiger charge is -2.16. The van der Waals surface area contributed by atoms with Gasteiger partial charge in [-0.2, -0.15) is 5.26 Å². The van der Waals surface area contributed by atoms with E-state index >= 15 is 0 Å². The summed E-state index contributed by atoms with van der Waals surface area (Å²) in [5.74, 6) is 0. The molecule has 0 N–H and O–H groups in total. The van der Waals surface area contributed by atoms with E-state index in [0.717, 1.165) is 0 Å². The van der Waals surface area contributed by atoms with Crippen molar-refractivity contribution < 1.29 is 18.9 Å². The molecule has 0 aromatic rings. The topological polar surface area (TPSA) is 65.1 Å². The number of fused-ring (bicyclic) bond motifs is 1. The first kappa shape index (κ1) is 13.3. The summed E-state index contributed by atoms with van der Waals surface area (Å²) in [6, 6.07) is 2.03. The van der Waals surface area contributed by atoms with Crippen molar-refractivity contribution in [3.05, 3.63) is 11.4 Å². The fourth-order valence-corrected chi connectivity index (χ4v) is 2.22. The van der Waals surface area contributed by atoms with E-state index in [1.165, 1.54) is 0 Å². The Labute approximate surface area is 106 Å². The maximum Gasteiger partial charge on any atom is 0.237 e. The normalized spacial score (nSPS) is 33.9. The first-order valence-corrected chi connectivity index (χ1v) is 6.03. The molecular formula is C12H16N2O4. The largest absolute Gasteiger partial charge is 0.372 e. The lowest BCUT2D eigenvalue weighted by molar-refractivity contribution is -0.0473. The van der Waals surface area contributed by atoms with Crippen LogP contribution >= 0.6 is 0 Å². The van der Waals surface area contributed by atoms with Crippen LogP contribution in [0.15, 0.2) is 0 Å².